The fourth-order valence-corrected chi connectivity index (χ4v) is 0.786. The van der Waals surface area contributed by atoms with Gasteiger partial charge in [-0.3, -0.25) is 4.79 Å². The maximum Gasteiger partial charge on any atom is 0.185 e. The highest BCUT2D eigenvalue weighted by atomic mass is 16.3. The van der Waals surface area contributed by atoms with Crippen LogP contribution >= 0.6 is 0 Å². The molecular formula is C13H16O4. The Labute approximate surface area is 100 Å². The normalized spacial score (nSPS) is 8.12. The van der Waals surface area contributed by atoms with Crippen LogP contribution in [-0.4, -0.2) is 23.1 Å². The molecule has 0 atom stereocenters. The summed E-state index contributed by atoms with van der Waals surface area (Å²) in [5, 5.41) is 16.2. The second-order valence-corrected chi connectivity index (χ2v) is 2.79. The molecule has 0 saturated heterocycles. The number of aliphatic hydroxyl groups excluding tert-OH is 1. The molecule has 0 aliphatic rings. The molecule has 1 aromatic carbocycles. The zero-order valence-electron chi connectivity index (χ0n) is 9.61. The summed E-state index contributed by atoms with van der Waals surface area (Å²) in [5.41, 5.74) is 0. The van der Waals surface area contributed by atoms with Crippen LogP contribution in [0.2, 0.25) is 0 Å². The minimum Gasteiger partial charge on any atom is -0.508 e. The van der Waals surface area contributed by atoms with E-state index in [1.807, 2.05) is 6.07 Å². The van der Waals surface area contributed by atoms with E-state index in [2.05, 4.69) is 4.42 Å². The van der Waals surface area contributed by atoms with Crippen molar-refractivity contribution in [1.82, 2.24) is 0 Å². The Kier molecular flexibility index (Phi) is 9.18. The molecule has 1 aromatic heterocycles. The summed E-state index contributed by atoms with van der Waals surface area (Å²) in [4.78, 5) is 9.77. The minimum atomic E-state index is 0.250. The number of carbonyl (C=O) groups is 1. The molecule has 0 aliphatic carbocycles. The van der Waals surface area contributed by atoms with E-state index in [1.165, 1.54) is 6.26 Å². The quantitative estimate of drug-likeness (QED) is 0.746. The van der Waals surface area contributed by atoms with Crippen LogP contribution in [0.3, 0.4) is 0 Å². The van der Waals surface area contributed by atoms with E-state index in [9.17, 15) is 4.79 Å². The van der Waals surface area contributed by atoms with Crippen LogP contribution in [0.1, 0.15) is 17.5 Å². The van der Waals surface area contributed by atoms with Crippen LogP contribution in [0.4, 0.5) is 0 Å². The minimum absolute atomic E-state index is 0.250. The van der Waals surface area contributed by atoms with Crippen LogP contribution < -0.4 is 0 Å². The molecule has 0 aliphatic heterocycles. The lowest BCUT2D eigenvalue weighted by Gasteiger charge is -1.82. The maximum absolute atomic E-state index is 9.77. The van der Waals surface area contributed by atoms with E-state index in [0.29, 0.717) is 17.8 Å². The molecule has 0 fully saturated rings. The van der Waals surface area contributed by atoms with Crippen LogP contribution in [0.15, 0.2) is 53.1 Å². The number of phenols is 1. The highest BCUT2D eigenvalue weighted by molar-refractivity contribution is 5.69. The third kappa shape index (κ3) is 8.89. The number of para-hydroxylation sites is 1. The van der Waals surface area contributed by atoms with E-state index in [0.717, 1.165) is 0 Å². The van der Waals surface area contributed by atoms with Crippen molar-refractivity contribution in [3.05, 3.63) is 54.5 Å². The first-order valence-corrected chi connectivity index (χ1v) is 5.08. The number of benzene rings is 1. The largest absolute Gasteiger partial charge is 0.508 e. The van der Waals surface area contributed by atoms with Crippen LogP contribution in [0, 0.1) is 0 Å². The fraction of sp³-hybridized carbons (Fsp3) is 0.154. The second kappa shape index (κ2) is 10.4. The lowest BCUT2D eigenvalue weighted by molar-refractivity contribution is 0.110. The van der Waals surface area contributed by atoms with Crippen molar-refractivity contribution in [3.8, 4) is 5.75 Å². The zero-order chi connectivity index (χ0) is 12.9. The van der Waals surface area contributed by atoms with Crippen molar-refractivity contribution in [3.63, 3.8) is 0 Å². The summed E-state index contributed by atoms with van der Waals surface area (Å²) in [6, 6.07) is 12.0. The van der Waals surface area contributed by atoms with Crippen molar-refractivity contribution in [2.75, 3.05) is 6.61 Å². The molecule has 17 heavy (non-hydrogen) atoms. The number of hydrogen-bond acceptors (Lipinski definition) is 4. The summed E-state index contributed by atoms with van der Waals surface area (Å²) in [6.45, 7) is 1.93. The SMILES string of the molecule is CCO.O=Cc1ccco1.Oc1ccccc1. The van der Waals surface area contributed by atoms with Crippen LogP contribution in [-0.2, 0) is 0 Å². The number of phenolic OH excluding ortho intramolecular Hbond substituents is 1. The van der Waals surface area contributed by atoms with E-state index in [-0.39, 0.29) is 6.61 Å². The smallest absolute Gasteiger partial charge is 0.185 e. The van der Waals surface area contributed by atoms with Gasteiger partial charge >= 0.3 is 0 Å². The number of carbonyl (C=O) groups excluding carboxylic acids is 1. The van der Waals surface area contributed by atoms with Gasteiger partial charge in [-0.1, -0.05) is 18.2 Å². The standard InChI is InChI=1S/C6H6O.C5H4O2.C2H6O/c7-6-4-2-1-3-5-6;6-4-5-2-1-3-7-5;1-2-3/h1-5,7H;1-4H;3H,2H2,1H3. The Morgan fingerprint density at radius 1 is 1.18 bits per heavy atom. The number of aldehydes is 1. The first-order chi connectivity index (χ1) is 8.24. The maximum atomic E-state index is 9.77. The molecule has 2 aromatic rings. The van der Waals surface area contributed by atoms with Gasteiger partial charge in [0, 0.05) is 6.61 Å². The van der Waals surface area contributed by atoms with Crippen molar-refractivity contribution in [2.45, 2.75) is 6.92 Å². The number of aromatic hydroxyl groups is 1. The van der Waals surface area contributed by atoms with Crippen LogP contribution in [0.5, 0.6) is 5.75 Å². The predicted molar refractivity (Wildman–Crippen MR) is 65.0 cm³/mol. The molecule has 2 N–H and O–H groups in total. The molecule has 0 amide bonds. The molecule has 0 bridgehead atoms. The van der Waals surface area contributed by atoms with Gasteiger partial charge < -0.3 is 14.6 Å². The Balaban J connectivity index is 0.000000247. The summed E-state index contributed by atoms with van der Waals surface area (Å²) < 4.78 is 4.61. The first kappa shape index (κ1) is 14.9. The molecule has 0 radical (unpaired) electrons. The van der Waals surface area contributed by atoms with Gasteiger partial charge in [-0.2, -0.15) is 0 Å². The molecule has 4 nitrogen and oxygen atoms in total. The van der Waals surface area contributed by atoms with Crippen molar-refractivity contribution < 1.29 is 19.4 Å². The van der Waals surface area contributed by atoms with Gasteiger partial charge in [-0.25, -0.2) is 0 Å². The Hall–Kier alpha value is -2.07. The van der Waals surface area contributed by atoms with E-state index in [1.54, 1.807) is 43.3 Å². The molecule has 0 saturated carbocycles. The third-order valence-electron chi connectivity index (χ3n) is 1.42. The summed E-state index contributed by atoms with van der Waals surface area (Å²) in [7, 11) is 0. The van der Waals surface area contributed by atoms with E-state index in [4.69, 9.17) is 10.2 Å². The number of furan rings is 1. The van der Waals surface area contributed by atoms with Gasteiger partial charge in [0.05, 0.1) is 6.26 Å². The average molecular weight is 236 g/mol. The Bertz CT molecular complexity index is 368. The number of rotatable bonds is 1. The first-order valence-electron chi connectivity index (χ1n) is 5.08. The molecule has 0 spiro atoms. The number of hydrogen-bond donors (Lipinski definition) is 2. The Morgan fingerprint density at radius 2 is 1.76 bits per heavy atom. The molecular weight excluding hydrogens is 220 g/mol. The van der Waals surface area contributed by atoms with Gasteiger partial charge in [0.15, 0.2) is 12.0 Å². The van der Waals surface area contributed by atoms with Gasteiger partial charge in [0.2, 0.25) is 0 Å². The highest BCUT2D eigenvalue weighted by Gasteiger charge is 1.84. The third-order valence-corrected chi connectivity index (χ3v) is 1.42. The predicted octanol–water partition coefficient (Wildman–Crippen LogP) is 2.48. The fourth-order valence-electron chi connectivity index (χ4n) is 0.786. The lowest BCUT2D eigenvalue weighted by Crippen LogP contribution is -1.65. The average Bonchev–Trinajstić information content (AvgIpc) is 2.85. The summed E-state index contributed by atoms with van der Waals surface area (Å²) >= 11 is 0. The Morgan fingerprint density at radius 3 is 2.00 bits per heavy atom. The monoisotopic (exact) mass is 236 g/mol. The van der Waals surface area contributed by atoms with Crippen molar-refractivity contribution in [1.29, 1.82) is 0 Å². The molecule has 92 valence electrons. The van der Waals surface area contributed by atoms with Gasteiger partial charge in [0.25, 0.3) is 0 Å². The van der Waals surface area contributed by atoms with Crippen molar-refractivity contribution >= 4 is 6.29 Å². The molecule has 2 rings (SSSR count). The van der Waals surface area contributed by atoms with E-state index >= 15 is 0 Å². The lowest BCUT2D eigenvalue weighted by atomic mass is 10.3. The second-order valence-electron chi connectivity index (χ2n) is 2.79. The van der Waals surface area contributed by atoms with Crippen LogP contribution in [0.25, 0.3) is 0 Å². The van der Waals surface area contributed by atoms with Gasteiger partial charge in [0.1, 0.15) is 5.75 Å². The topological polar surface area (TPSA) is 70.7 Å². The van der Waals surface area contributed by atoms with Crippen molar-refractivity contribution in [2.24, 2.45) is 0 Å². The van der Waals surface area contributed by atoms with Gasteiger partial charge in [-0.05, 0) is 31.2 Å². The molecule has 0 unspecified atom stereocenters. The zero-order valence-corrected chi connectivity index (χ0v) is 9.61. The van der Waals surface area contributed by atoms with E-state index < -0.39 is 0 Å². The van der Waals surface area contributed by atoms with Gasteiger partial charge in [-0.15, -0.1) is 0 Å². The summed E-state index contributed by atoms with van der Waals surface area (Å²) in [6.07, 6.45) is 2.13. The molecule has 4 heteroatoms. The summed E-state index contributed by atoms with van der Waals surface area (Å²) in [5.74, 6) is 0.697. The number of aliphatic hydroxyl groups is 1. The molecule has 1 heterocycles. The highest BCUT2D eigenvalue weighted by Crippen LogP contribution is 2.02.